The van der Waals surface area contributed by atoms with Crippen LogP contribution in [-0.4, -0.2) is 11.7 Å². The number of rotatable bonds is 2. The van der Waals surface area contributed by atoms with E-state index in [2.05, 4.69) is 29.6 Å². The minimum absolute atomic E-state index is 0.0797. The third kappa shape index (κ3) is 2.30. The summed E-state index contributed by atoms with van der Waals surface area (Å²) in [6.07, 6.45) is 3.05. The molecule has 0 aliphatic heterocycles. The van der Waals surface area contributed by atoms with Gasteiger partial charge in [0, 0.05) is 11.1 Å². The van der Waals surface area contributed by atoms with Gasteiger partial charge in [0.2, 0.25) is 0 Å². The predicted molar refractivity (Wildman–Crippen MR) is 67.8 cm³/mol. The van der Waals surface area contributed by atoms with Crippen LogP contribution in [0, 0.1) is 0 Å². The quantitative estimate of drug-likeness (QED) is 0.752. The van der Waals surface area contributed by atoms with Crippen molar-refractivity contribution < 1.29 is 4.79 Å². The molecular weight excluding hydrogens is 214 g/mol. The average Bonchev–Trinajstić information content (AvgIpc) is 2.70. The van der Waals surface area contributed by atoms with E-state index in [4.69, 9.17) is 5.73 Å². The SMILES string of the molecule is C[C@]1(c2ccccc2)CCC/C1=N/NC(N)=O. The molecule has 3 N–H and O–H groups in total. The number of hydrogen-bond acceptors (Lipinski definition) is 2. The molecule has 1 aromatic rings. The molecule has 17 heavy (non-hydrogen) atoms. The largest absolute Gasteiger partial charge is 0.350 e. The lowest BCUT2D eigenvalue weighted by atomic mass is 9.80. The third-order valence-corrected chi connectivity index (χ3v) is 3.44. The number of benzene rings is 1. The van der Waals surface area contributed by atoms with Crippen molar-refractivity contribution >= 4 is 11.7 Å². The van der Waals surface area contributed by atoms with Gasteiger partial charge in [0.25, 0.3) is 0 Å². The van der Waals surface area contributed by atoms with E-state index in [1.54, 1.807) is 0 Å². The Bertz CT molecular complexity index is 441. The van der Waals surface area contributed by atoms with E-state index in [9.17, 15) is 4.79 Å². The smallest absolute Gasteiger partial charge is 0.332 e. The Kier molecular flexibility index (Phi) is 3.13. The first-order valence-corrected chi connectivity index (χ1v) is 5.81. The molecule has 1 saturated carbocycles. The molecule has 1 aliphatic carbocycles. The van der Waals surface area contributed by atoms with E-state index in [-0.39, 0.29) is 5.41 Å². The summed E-state index contributed by atoms with van der Waals surface area (Å²) in [7, 11) is 0. The van der Waals surface area contributed by atoms with Crippen LogP contribution in [-0.2, 0) is 5.41 Å². The number of amides is 2. The van der Waals surface area contributed by atoms with Gasteiger partial charge in [-0.3, -0.25) is 0 Å². The van der Waals surface area contributed by atoms with Gasteiger partial charge in [-0.1, -0.05) is 37.3 Å². The Morgan fingerprint density at radius 2 is 2.12 bits per heavy atom. The van der Waals surface area contributed by atoms with Gasteiger partial charge < -0.3 is 5.73 Å². The molecule has 4 heteroatoms. The van der Waals surface area contributed by atoms with Crippen LogP contribution in [0.2, 0.25) is 0 Å². The van der Waals surface area contributed by atoms with Crippen LogP contribution in [0.1, 0.15) is 31.7 Å². The number of urea groups is 1. The highest BCUT2D eigenvalue weighted by Gasteiger charge is 2.37. The molecule has 0 saturated heterocycles. The first kappa shape index (κ1) is 11.6. The Balaban J connectivity index is 2.29. The van der Waals surface area contributed by atoms with Crippen molar-refractivity contribution in [3.63, 3.8) is 0 Å². The number of hydrazone groups is 1. The Morgan fingerprint density at radius 1 is 1.41 bits per heavy atom. The zero-order chi connectivity index (χ0) is 12.3. The molecule has 0 spiro atoms. The van der Waals surface area contributed by atoms with Crippen molar-refractivity contribution in [2.75, 3.05) is 0 Å². The first-order valence-electron chi connectivity index (χ1n) is 5.81. The number of nitrogens with zero attached hydrogens (tertiary/aromatic N) is 1. The number of hydrogen-bond donors (Lipinski definition) is 2. The van der Waals surface area contributed by atoms with Crippen molar-refractivity contribution in [2.45, 2.75) is 31.6 Å². The van der Waals surface area contributed by atoms with Crippen molar-refractivity contribution in [2.24, 2.45) is 10.8 Å². The second kappa shape index (κ2) is 4.57. The molecule has 0 radical (unpaired) electrons. The van der Waals surface area contributed by atoms with Gasteiger partial charge in [0.05, 0.1) is 0 Å². The Morgan fingerprint density at radius 3 is 2.76 bits per heavy atom. The average molecular weight is 231 g/mol. The number of nitrogens with two attached hydrogens (primary N) is 1. The number of nitrogens with one attached hydrogen (secondary N) is 1. The van der Waals surface area contributed by atoms with E-state index in [0.717, 1.165) is 25.0 Å². The highest BCUT2D eigenvalue weighted by atomic mass is 16.2. The van der Waals surface area contributed by atoms with Crippen LogP contribution in [0.3, 0.4) is 0 Å². The fourth-order valence-electron chi connectivity index (χ4n) is 2.45. The predicted octanol–water partition coefficient (Wildman–Crippen LogP) is 2.15. The Labute approximate surface area is 101 Å². The van der Waals surface area contributed by atoms with E-state index in [1.165, 1.54) is 5.56 Å². The molecule has 4 nitrogen and oxygen atoms in total. The normalized spacial score (nSPS) is 26.1. The maximum Gasteiger partial charge on any atom is 0.332 e. The monoisotopic (exact) mass is 231 g/mol. The molecule has 1 aliphatic rings. The minimum atomic E-state index is -0.611. The van der Waals surface area contributed by atoms with Crippen LogP contribution >= 0.6 is 0 Å². The van der Waals surface area contributed by atoms with Gasteiger partial charge in [0.1, 0.15) is 0 Å². The van der Waals surface area contributed by atoms with Gasteiger partial charge in [-0.15, -0.1) is 0 Å². The topological polar surface area (TPSA) is 67.5 Å². The molecule has 0 aromatic heterocycles. The van der Waals surface area contributed by atoms with Crippen LogP contribution in [0.5, 0.6) is 0 Å². The van der Waals surface area contributed by atoms with Crippen LogP contribution in [0.4, 0.5) is 4.79 Å². The lowest BCUT2D eigenvalue weighted by Gasteiger charge is -2.25. The molecule has 1 atom stereocenters. The van der Waals surface area contributed by atoms with Gasteiger partial charge in [-0.25, -0.2) is 10.2 Å². The molecule has 2 amide bonds. The summed E-state index contributed by atoms with van der Waals surface area (Å²) in [5, 5.41) is 4.14. The fraction of sp³-hybridized carbons (Fsp3) is 0.385. The standard InChI is InChI=1S/C13H17N3O/c1-13(10-6-3-2-4-7-10)9-5-8-11(13)15-16-12(14)17/h2-4,6-7H,5,8-9H2,1H3,(H3,14,16,17)/b15-11-/t13-/m1/s1. The third-order valence-electron chi connectivity index (χ3n) is 3.44. The fourth-order valence-corrected chi connectivity index (χ4v) is 2.45. The number of primary amides is 1. The van der Waals surface area contributed by atoms with Crippen molar-refractivity contribution in [3.05, 3.63) is 35.9 Å². The summed E-state index contributed by atoms with van der Waals surface area (Å²) >= 11 is 0. The lowest BCUT2D eigenvalue weighted by molar-refractivity contribution is 0.249. The molecule has 1 fully saturated rings. The molecule has 0 unspecified atom stereocenters. The van der Waals surface area contributed by atoms with Crippen molar-refractivity contribution in [1.29, 1.82) is 0 Å². The van der Waals surface area contributed by atoms with E-state index >= 15 is 0 Å². The summed E-state index contributed by atoms with van der Waals surface area (Å²) in [5.41, 5.74) is 9.54. The zero-order valence-electron chi connectivity index (χ0n) is 9.94. The highest BCUT2D eigenvalue weighted by molar-refractivity contribution is 5.97. The lowest BCUT2D eigenvalue weighted by Crippen LogP contribution is -2.32. The van der Waals surface area contributed by atoms with Gasteiger partial charge in [-0.2, -0.15) is 5.10 Å². The van der Waals surface area contributed by atoms with Gasteiger partial charge >= 0.3 is 6.03 Å². The highest BCUT2D eigenvalue weighted by Crippen LogP contribution is 2.38. The molecule has 2 rings (SSSR count). The van der Waals surface area contributed by atoms with Crippen LogP contribution in [0.15, 0.2) is 35.4 Å². The van der Waals surface area contributed by atoms with E-state index in [0.29, 0.717) is 0 Å². The van der Waals surface area contributed by atoms with Gasteiger partial charge in [0.15, 0.2) is 0 Å². The molecule has 1 aromatic carbocycles. The van der Waals surface area contributed by atoms with E-state index < -0.39 is 6.03 Å². The second-order valence-electron chi connectivity index (χ2n) is 4.59. The first-order chi connectivity index (χ1) is 8.13. The van der Waals surface area contributed by atoms with Crippen LogP contribution in [0.25, 0.3) is 0 Å². The second-order valence-corrected chi connectivity index (χ2v) is 4.59. The summed E-state index contributed by atoms with van der Waals surface area (Å²) in [6, 6.07) is 9.65. The summed E-state index contributed by atoms with van der Waals surface area (Å²) in [6.45, 7) is 2.16. The van der Waals surface area contributed by atoms with Crippen molar-refractivity contribution in [1.82, 2.24) is 5.43 Å². The van der Waals surface area contributed by atoms with E-state index in [1.807, 2.05) is 18.2 Å². The zero-order valence-corrected chi connectivity index (χ0v) is 9.94. The number of carbonyl (C=O) groups is 1. The van der Waals surface area contributed by atoms with Gasteiger partial charge in [-0.05, 0) is 24.8 Å². The summed E-state index contributed by atoms with van der Waals surface area (Å²) in [5.74, 6) is 0. The maximum atomic E-state index is 10.7. The Hall–Kier alpha value is -1.84. The van der Waals surface area contributed by atoms with Crippen molar-refractivity contribution in [3.8, 4) is 0 Å². The molecule has 0 bridgehead atoms. The summed E-state index contributed by atoms with van der Waals surface area (Å²) < 4.78 is 0. The summed E-state index contributed by atoms with van der Waals surface area (Å²) in [4.78, 5) is 10.7. The molecule has 0 heterocycles. The van der Waals surface area contributed by atoms with Crippen LogP contribution < -0.4 is 11.2 Å². The molecule has 90 valence electrons. The molecular formula is C13H17N3O. The minimum Gasteiger partial charge on any atom is -0.350 e. The number of carbonyl (C=O) groups excluding carboxylic acids is 1. The maximum absolute atomic E-state index is 10.7.